The van der Waals surface area contributed by atoms with Gasteiger partial charge in [0.25, 0.3) is 5.79 Å². The quantitative estimate of drug-likeness (QED) is 0.547. The second-order valence-corrected chi connectivity index (χ2v) is 8.48. The van der Waals surface area contributed by atoms with E-state index in [1.165, 1.54) is 7.11 Å². The second kappa shape index (κ2) is 8.37. The molecule has 5 rings (SSSR count). The molecular weight excluding hydrogens is 418 g/mol. The van der Waals surface area contributed by atoms with Crippen LogP contribution in [0.1, 0.15) is 35.4 Å². The molecule has 33 heavy (non-hydrogen) atoms. The highest BCUT2D eigenvalue weighted by molar-refractivity contribution is 6.07. The number of carbonyl (C=O) groups is 1. The van der Waals surface area contributed by atoms with Gasteiger partial charge in [0.2, 0.25) is 0 Å². The summed E-state index contributed by atoms with van der Waals surface area (Å²) >= 11 is 0. The first-order valence-electron chi connectivity index (χ1n) is 11.0. The monoisotopic (exact) mass is 443 g/mol. The van der Waals surface area contributed by atoms with E-state index >= 15 is 0 Å². The predicted octanol–water partition coefficient (Wildman–Crippen LogP) is 4.43. The van der Waals surface area contributed by atoms with Crippen molar-refractivity contribution in [3.05, 3.63) is 102 Å². The number of oxime groups is 1. The van der Waals surface area contributed by atoms with Gasteiger partial charge in [0, 0.05) is 5.56 Å². The molecule has 0 saturated heterocycles. The number of hydrogen-bond acceptors (Lipinski definition) is 6. The SMILES string of the molecule is COC(=O)C1(C2(O)ON=C(c3ccc(OCc4ccccc4)cc3)C2c2ccccc2)CC1. The molecule has 1 N–H and O–H groups in total. The summed E-state index contributed by atoms with van der Waals surface area (Å²) < 4.78 is 10.9. The lowest BCUT2D eigenvalue weighted by Crippen LogP contribution is -2.50. The summed E-state index contributed by atoms with van der Waals surface area (Å²) in [5.74, 6) is -2.22. The second-order valence-electron chi connectivity index (χ2n) is 8.48. The van der Waals surface area contributed by atoms with Crippen molar-refractivity contribution in [3.8, 4) is 5.75 Å². The Labute approximate surface area is 192 Å². The van der Waals surface area contributed by atoms with Gasteiger partial charge in [-0.15, -0.1) is 0 Å². The van der Waals surface area contributed by atoms with Crippen LogP contribution in [-0.4, -0.2) is 29.7 Å². The lowest BCUT2D eigenvalue weighted by molar-refractivity contribution is -0.242. The molecule has 3 aromatic carbocycles. The van der Waals surface area contributed by atoms with Crippen molar-refractivity contribution in [2.24, 2.45) is 10.6 Å². The summed E-state index contributed by atoms with van der Waals surface area (Å²) in [6.07, 6.45) is 0.961. The topological polar surface area (TPSA) is 77.4 Å². The van der Waals surface area contributed by atoms with Crippen LogP contribution in [0.3, 0.4) is 0 Å². The minimum absolute atomic E-state index is 0.471. The third-order valence-electron chi connectivity index (χ3n) is 6.49. The Hall–Kier alpha value is -3.64. The molecular formula is C27H25NO5. The Kier molecular flexibility index (Phi) is 5.38. The highest BCUT2D eigenvalue weighted by Crippen LogP contribution is 2.62. The van der Waals surface area contributed by atoms with Crippen molar-refractivity contribution < 1.29 is 24.2 Å². The smallest absolute Gasteiger partial charge is 0.318 e. The molecule has 2 unspecified atom stereocenters. The number of benzene rings is 3. The van der Waals surface area contributed by atoms with E-state index in [1.54, 1.807) is 0 Å². The fourth-order valence-corrected chi connectivity index (χ4v) is 4.51. The van der Waals surface area contributed by atoms with Gasteiger partial charge in [-0.2, -0.15) is 0 Å². The average Bonchev–Trinajstić information content (AvgIpc) is 3.62. The fraction of sp³-hybridized carbons (Fsp3) is 0.259. The van der Waals surface area contributed by atoms with Crippen LogP contribution < -0.4 is 4.74 Å². The van der Waals surface area contributed by atoms with Gasteiger partial charge < -0.3 is 19.4 Å². The van der Waals surface area contributed by atoms with Crippen LogP contribution in [0.2, 0.25) is 0 Å². The van der Waals surface area contributed by atoms with E-state index in [9.17, 15) is 9.90 Å². The number of nitrogens with zero attached hydrogens (tertiary/aromatic N) is 1. The van der Waals surface area contributed by atoms with Gasteiger partial charge in [0.1, 0.15) is 23.5 Å². The molecule has 0 spiro atoms. The van der Waals surface area contributed by atoms with Crippen LogP contribution in [0, 0.1) is 5.41 Å². The van der Waals surface area contributed by atoms with Gasteiger partial charge in [-0.25, -0.2) is 0 Å². The van der Waals surface area contributed by atoms with Gasteiger partial charge in [-0.05, 0) is 48.2 Å². The standard InChI is InChI=1S/C27H25NO5/c1-31-25(29)26(16-17-26)27(30)23(20-10-6-3-7-11-20)24(28-33-27)21-12-14-22(15-13-21)32-18-19-8-4-2-5-9-19/h2-15,23,30H,16-18H2,1H3. The summed E-state index contributed by atoms with van der Waals surface area (Å²) in [7, 11) is 1.33. The first-order chi connectivity index (χ1) is 16.1. The van der Waals surface area contributed by atoms with Crippen molar-refractivity contribution in [2.75, 3.05) is 7.11 Å². The zero-order valence-corrected chi connectivity index (χ0v) is 18.3. The fourth-order valence-electron chi connectivity index (χ4n) is 4.51. The number of methoxy groups -OCH3 is 1. The molecule has 6 heteroatoms. The van der Waals surface area contributed by atoms with Crippen molar-refractivity contribution in [1.82, 2.24) is 0 Å². The van der Waals surface area contributed by atoms with Crippen molar-refractivity contribution in [3.63, 3.8) is 0 Å². The Morgan fingerprint density at radius 2 is 1.64 bits per heavy atom. The average molecular weight is 443 g/mol. The van der Waals surface area contributed by atoms with E-state index < -0.39 is 23.1 Å². The minimum Gasteiger partial charge on any atom is -0.489 e. The molecule has 0 aromatic heterocycles. The maximum atomic E-state index is 12.6. The molecule has 1 saturated carbocycles. The van der Waals surface area contributed by atoms with Gasteiger partial charge in [-0.3, -0.25) is 4.79 Å². The van der Waals surface area contributed by atoms with Gasteiger partial charge >= 0.3 is 5.97 Å². The molecule has 2 atom stereocenters. The molecule has 1 fully saturated rings. The van der Waals surface area contributed by atoms with Crippen LogP contribution in [0.5, 0.6) is 5.75 Å². The summed E-state index contributed by atoms with van der Waals surface area (Å²) in [5.41, 5.74) is 2.12. The number of esters is 1. The van der Waals surface area contributed by atoms with E-state index in [4.69, 9.17) is 14.3 Å². The van der Waals surface area contributed by atoms with E-state index in [0.29, 0.717) is 25.2 Å². The number of ether oxygens (including phenoxy) is 2. The number of hydrogen-bond donors (Lipinski definition) is 1. The molecule has 0 radical (unpaired) electrons. The third-order valence-corrected chi connectivity index (χ3v) is 6.49. The van der Waals surface area contributed by atoms with Crippen LogP contribution in [0.25, 0.3) is 0 Å². The first kappa shape index (κ1) is 21.2. The Balaban J connectivity index is 1.43. The van der Waals surface area contributed by atoms with Crippen LogP contribution in [-0.2, 0) is 21.0 Å². The summed E-state index contributed by atoms with van der Waals surface area (Å²) in [6, 6.07) is 27.0. The number of aliphatic hydroxyl groups is 1. The maximum Gasteiger partial charge on any atom is 0.318 e. The highest BCUT2D eigenvalue weighted by Gasteiger charge is 2.73. The minimum atomic E-state index is -1.82. The van der Waals surface area contributed by atoms with Crippen LogP contribution in [0.4, 0.5) is 0 Å². The van der Waals surface area contributed by atoms with Gasteiger partial charge in [-0.1, -0.05) is 65.8 Å². The molecule has 3 aromatic rings. The van der Waals surface area contributed by atoms with E-state index in [2.05, 4.69) is 5.16 Å². The van der Waals surface area contributed by atoms with E-state index in [1.807, 2.05) is 84.9 Å². The molecule has 0 amide bonds. The molecule has 2 aliphatic rings. The van der Waals surface area contributed by atoms with Gasteiger partial charge in [0.15, 0.2) is 0 Å². The molecule has 1 aliphatic heterocycles. The molecule has 1 aliphatic carbocycles. The van der Waals surface area contributed by atoms with Crippen molar-refractivity contribution in [1.29, 1.82) is 0 Å². The lowest BCUT2D eigenvalue weighted by atomic mass is 9.76. The zero-order chi connectivity index (χ0) is 22.9. The Morgan fingerprint density at radius 1 is 1.00 bits per heavy atom. The Morgan fingerprint density at radius 3 is 2.24 bits per heavy atom. The van der Waals surface area contributed by atoms with E-state index in [0.717, 1.165) is 22.4 Å². The van der Waals surface area contributed by atoms with Gasteiger partial charge in [0.05, 0.1) is 13.0 Å². The largest absolute Gasteiger partial charge is 0.489 e. The highest BCUT2D eigenvalue weighted by atomic mass is 16.7. The molecule has 1 heterocycles. The lowest BCUT2D eigenvalue weighted by Gasteiger charge is -2.34. The van der Waals surface area contributed by atoms with E-state index in [-0.39, 0.29) is 0 Å². The maximum absolute atomic E-state index is 12.6. The number of rotatable bonds is 7. The van der Waals surface area contributed by atoms with Crippen molar-refractivity contribution in [2.45, 2.75) is 31.2 Å². The predicted molar refractivity (Wildman–Crippen MR) is 123 cm³/mol. The molecule has 168 valence electrons. The molecule has 0 bridgehead atoms. The summed E-state index contributed by atoms with van der Waals surface area (Å²) in [4.78, 5) is 18.3. The van der Waals surface area contributed by atoms with Crippen molar-refractivity contribution >= 4 is 11.7 Å². The van der Waals surface area contributed by atoms with Crippen LogP contribution in [0.15, 0.2) is 90.1 Å². The third kappa shape index (κ3) is 3.66. The molecule has 6 nitrogen and oxygen atoms in total. The summed E-state index contributed by atoms with van der Waals surface area (Å²) in [5, 5.41) is 16.0. The number of carbonyl (C=O) groups excluding carboxylic acids is 1. The van der Waals surface area contributed by atoms with Crippen LogP contribution >= 0.6 is 0 Å². The normalized spacial score (nSPS) is 22.7. The Bertz CT molecular complexity index is 1160. The zero-order valence-electron chi connectivity index (χ0n) is 18.3. The summed E-state index contributed by atoms with van der Waals surface area (Å²) in [6.45, 7) is 0.471. The first-order valence-corrected chi connectivity index (χ1v) is 11.0.